The molecule has 1 fully saturated rings. The molecule has 110 valence electrons. The fourth-order valence-electron chi connectivity index (χ4n) is 3.51. The maximum absolute atomic E-state index is 12.5. The largest absolute Gasteiger partial charge is 0.345 e. The molecule has 1 unspecified atom stereocenters. The maximum Gasteiger partial charge on any atom is 0.255 e. The molecule has 1 saturated carbocycles. The van der Waals surface area contributed by atoms with Crippen LogP contribution in [0.15, 0.2) is 41.5 Å². The van der Waals surface area contributed by atoms with Gasteiger partial charge in [0.25, 0.3) is 5.91 Å². The lowest BCUT2D eigenvalue weighted by Gasteiger charge is -2.20. The highest BCUT2D eigenvalue weighted by Gasteiger charge is 2.37. The summed E-state index contributed by atoms with van der Waals surface area (Å²) in [6, 6.07) is 9.76. The molecule has 0 aliphatic heterocycles. The zero-order chi connectivity index (χ0) is 14.8. The average Bonchev–Trinajstić information content (AvgIpc) is 2.83. The van der Waals surface area contributed by atoms with Crippen molar-refractivity contribution in [1.82, 2.24) is 5.32 Å². The topological polar surface area (TPSA) is 46.2 Å². The predicted octanol–water partition coefficient (Wildman–Crippen LogP) is 3.32. The highest BCUT2D eigenvalue weighted by molar-refractivity contribution is 6.21. The van der Waals surface area contributed by atoms with Crippen molar-refractivity contribution in [3.05, 3.63) is 47.0 Å². The standard InChI is InChI=1S/C18H21NO2/c1-12(13-7-3-2-4-8-13)19-18(21)17-15-10-6-5-9-14(15)11-16(17)20/h2-4,7-8,12,14H,5-6,9-11H2,1H3,(H,19,21)/t12-,14?/m0/s1. The maximum atomic E-state index is 12.5. The highest BCUT2D eigenvalue weighted by Crippen LogP contribution is 2.40. The summed E-state index contributed by atoms with van der Waals surface area (Å²) in [4.78, 5) is 24.7. The molecule has 1 N–H and O–H groups in total. The monoisotopic (exact) mass is 283 g/mol. The molecule has 0 heterocycles. The lowest BCUT2D eigenvalue weighted by Crippen LogP contribution is -2.30. The number of benzene rings is 1. The number of hydrogen-bond donors (Lipinski definition) is 1. The molecule has 1 aromatic rings. The molecule has 3 nitrogen and oxygen atoms in total. The van der Waals surface area contributed by atoms with Crippen LogP contribution < -0.4 is 5.32 Å². The molecule has 0 radical (unpaired) electrons. The minimum atomic E-state index is -0.184. The zero-order valence-corrected chi connectivity index (χ0v) is 12.4. The van der Waals surface area contributed by atoms with Gasteiger partial charge in [0.2, 0.25) is 0 Å². The van der Waals surface area contributed by atoms with Gasteiger partial charge in [-0.3, -0.25) is 9.59 Å². The van der Waals surface area contributed by atoms with Gasteiger partial charge in [0.05, 0.1) is 11.6 Å². The number of rotatable bonds is 3. The Morgan fingerprint density at radius 3 is 2.76 bits per heavy atom. The molecule has 0 bridgehead atoms. The highest BCUT2D eigenvalue weighted by atomic mass is 16.2. The van der Waals surface area contributed by atoms with Gasteiger partial charge in [-0.05, 0) is 37.7 Å². The second-order valence-corrected chi connectivity index (χ2v) is 6.08. The first kappa shape index (κ1) is 14.1. The minimum absolute atomic E-state index is 0.0367. The Hall–Kier alpha value is -1.90. The second-order valence-electron chi connectivity index (χ2n) is 6.08. The third-order valence-electron chi connectivity index (χ3n) is 4.65. The van der Waals surface area contributed by atoms with Crippen molar-refractivity contribution in [3.63, 3.8) is 0 Å². The van der Waals surface area contributed by atoms with Gasteiger partial charge in [0.1, 0.15) is 0 Å². The first-order valence-corrected chi connectivity index (χ1v) is 7.79. The van der Waals surface area contributed by atoms with Gasteiger partial charge < -0.3 is 5.32 Å². The van der Waals surface area contributed by atoms with Gasteiger partial charge in [0.15, 0.2) is 5.78 Å². The van der Waals surface area contributed by atoms with E-state index in [1.807, 2.05) is 37.3 Å². The summed E-state index contributed by atoms with van der Waals surface area (Å²) in [6.07, 6.45) is 4.80. The first-order chi connectivity index (χ1) is 10.2. The SMILES string of the molecule is C[C@H](NC(=O)C1=C2CCCCC2CC1=O)c1ccccc1. The Balaban J connectivity index is 1.77. The molecule has 21 heavy (non-hydrogen) atoms. The van der Waals surface area contributed by atoms with Crippen LogP contribution in [-0.4, -0.2) is 11.7 Å². The Morgan fingerprint density at radius 1 is 1.24 bits per heavy atom. The van der Waals surface area contributed by atoms with Gasteiger partial charge in [-0.2, -0.15) is 0 Å². The summed E-state index contributed by atoms with van der Waals surface area (Å²) >= 11 is 0. The van der Waals surface area contributed by atoms with Crippen LogP contribution in [0.25, 0.3) is 0 Å². The van der Waals surface area contributed by atoms with E-state index >= 15 is 0 Å². The molecule has 2 aliphatic carbocycles. The molecule has 3 rings (SSSR count). The van der Waals surface area contributed by atoms with Crippen LogP contribution in [0.4, 0.5) is 0 Å². The average molecular weight is 283 g/mol. The molecule has 2 atom stereocenters. The summed E-state index contributed by atoms with van der Waals surface area (Å²) in [7, 11) is 0. The molecule has 2 aliphatic rings. The van der Waals surface area contributed by atoms with Crippen LogP contribution in [0, 0.1) is 5.92 Å². The molecule has 0 spiro atoms. The summed E-state index contributed by atoms with van der Waals surface area (Å²) in [5, 5.41) is 2.98. The fourth-order valence-corrected chi connectivity index (χ4v) is 3.51. The summed E-state index contributed by atoms with van der Waals surface area (Å²) < 4.78 is 0. The number of Topliss-reactive ketones (excluding diaryl/α,β-unsaturated/α-hetero) is 1. The molecule has 1 aromatic carbocycles. The van der Waals surface area contributed by atoms with Crippen molar-refractivity contribution in [2.75, 3.05) is 0 Å². The lowest BCUT2D eigenvalue weighted by atomic mass is 9.85. The van der Waals surface area contributed by atoms with Crippen LogP contribution in [0.1, 0.15) is 50.6 Å². The molecule has 3 heteroatoms. The predicted molar refractivity (Wildman–Crippen MR) is 81.6 cm³/mol. The van der Waals surface area contributed by atoms with Crippen LogP contribution in [0.5, 0.6) is 0 Å². The number of carbonyl (C=O) groups excluding carboxylic acids is 2. The first-order valence-electron chi connectivity index (χ1n) is 7.79. The number of allylic oxidation sites excluding steroid dienone is 1. The van der Waals surface area contributed by atoms with E-state index in [0.29, 0.717) is 17.9 Å². The van der Waals surface area contributed by atoms with Crippen LogP contribution >= 0.6 is 0 Å². The van der Waals surface area contributed by atoms with E-state index in [2.05, 4.69) is 5.32 Å². The number of fused-ring (bicyclic) bond motifs is 1. The molecular formula is C18H21NO2. The normalized spacial score (nSPS) is 22.9. The summed E-state index contributed by atoms with van der Waals surface area (Å²) in [6.45, 7) is 1.95. The van der Waals surface area contributed by atoms with Gasteiger partial charge in [-0.15, -0.1) is 0 Å². The van der Waals surface area contributed by atoms with Gasteiger partial charge in [0, 0.05) is 6.42 Å². The molecule has 1 amide bonds. The third kappa shape index (κ3) is 2.78. The van der Waals surface area contributed by atoms with Crippen LogP contribution in [-0.2, 0) is 9.59 Å². The summed E-state index contributed by atoms with van der Waals surface area (Å²) in [5.74, 6) is 0.185. The zero-order valence-electron chi connectivity index (χ0n) is 12.4. The molecule has 0 aromatic heterocycles. The van der Waals surface area contributed by atoms with E-state index in [0.717, 1.165) is 30.4 Å². The van der Waals surface area contributed by atoms with Crippen molar-refractivity contribution >= 4 is 11.7 Å². The van der Waals surface area contributed by atoms with Crippen molar-refractivity contribution in [2.24, 2.45) is 5.92 Å². The van der Waals surface area contributed by atoms with Gasteiger partial charge >= 0.3 is 0 Å². The molecular weight excluding hydrogens is 262 g/mol. The third-order valence-corrected chi connectivity index (χ3v) is 4.65. The Bertz CT molecular complexity index is 588. The second kappa shape index (κ2) is 5.84. The number of carbonyl (C=O) groups is 2. The summed E-state index contributed by atoms with van der Waals surface area (Å²) in [5.41, 5.74) is 2.63. The van der Waals surface area contributed by atoms with E-state index < -0.39 is 0 Å². The number of amides is 1. The van der Waals surface area contributed by atoms with E-state index in [1.165, 1.54) is 6.42 Å². The van der Waals surface area contributed by atoms with Crippen LogP contribution in [0.3, 0.4) is 0 Å². The molecule has 0 saturated heterocycles. The van der Waals surface area contributed by atoms with E-state index in [1.54, 1.807) is 0 Å². The smallest absolute Gasteiger partial charge is 0.255 e. The number of hydrogen-bond acceptors (Lipinski definition) is 2. The van der Waals surface area contributed by atoms with Crippen molar-refractivity contribution in [1.29, 1.82) is 0 Å². The van der Waals surface area contributed by atoms with E-state index in [4.69, 9.17) is 0 Å². The van der Waals surface area contributed by atoms with E-state index in [9.17, 15) is 9.59 Å². The Labute approximate surface area is 125 Å². The van der Waals surface area contributed by atoms with Gasteiger partial charge in [-0.25, -0.2) is 0 Å². The number of ketones is 1. The quantitative estimate of drug-likeness (QED) is 0.865. The van der Waals surface area contributed by atoms with Crippen molar-refractivity contribution < 1.29 is 9.59 Å². The van der Waals surface area contributed by atoms with Crippen LogP contribution in [0.2, 0.25) is 0 Å². The van der Waals surface area contributed by atoms with E-state index in [-0.39, 0.29) is 17.7 Å². The lowest BCUT2D eigenvalue weighted by molar-refractivity contribution is -0.122. The van der Waals surface area contributed by atoms with Crippen molar-refractivity contribution in [2.45, 2.75) is 45.1 Å². The Kier molecular flexibility index (Phi) is 3.91. The van der Waals surface area contributed by atoms with Gasteiger partial charge in [-0.1, -0.05) is 42.3 Å². The minimum Gasteiger partial charge on any atom is -0.345 e. The van der Waals surface area contributed by atoms with Crippen molar-refractivity contribution in [3.8, 4) is 0 Å². The number of nitrogens with one attached hydrogen (secondary N) is 1. The Morgan fingerprint density at radius 2 is 2.00 bits per heavy atom. The fraction of sp³-hybridized carbons (Fsp3) is 0.444.